The van der Waals surface area contributed by atoms with Gasteiger partial charge in [0.15, 0.2) is 0 Å². The minimum atomic E-state index is 1.07. The van der Waals surface area contributed by atoms with Crippen LogP contribution in [0.3, 0.4) is 0 Å². The van der Waals surface area contributed by atoms with Crippen LogP contribution in [0.2, 0.25) is 0 Å². The van der Waals surface area contributed by atoms with E-state index in [2.05, 4.69) is 151 Å². The molecule has 6 aromatic carbocycles. The molecular weight excluding hydrogens is 422 g/mol. The van der Waals surface area contributed by atoms with Gasteiger partial charge in [0.2, 0.25) is 0 Å². The topological polar surface area (TPSA) is 12.0 Å². The minimum Gasteiger partial charge on any atom is -0.355 e. The molecule has 0 atom stereocenters. The Kier molecular flexibility index (Phi) is 5.58. The van der Waals surface area contributed by atoms with E-state index in [1.807, 2.05) is 0 Å². The highest BCUT2D eigenvalue weighted by Crippen LogP contribution is 2.33. The average Bonchev–Trinajstić information content (AvgIpc) is 2.94. The summed E-state index contributed by atoms with van der Waals surface area (Å²) < 4.78 is 0. The summed E-state index contributed by atoms with van der Waals surface area (Å²) in [6.07, 6.45) is 0. The number of hydrogen-bond acceptors (Lipinski definition) is 1. The zero-order valence-electron chi connectivity index (χ0n) is 19.4. The van der Waals surface area contributed by atoms with Crippen molar-refractivity contribution in [3.05, 3.63) is 146 Å². The van der Waals surface area contributed by atoms with Gasteiger partial charge in [0, 0.05) is 11.4 Å². The lowest BCUT2D eigenvalue weighted by Gasteiger charge is -2.13. The summed E-state index contributed by atoms with van der Waals surface area (Å²) in [7, 11) is 0. The second-order valence-corrected chi connectivity index (χ2v) is 8.76. The van der Waals surface area contributed by atoms with Gasteiger partial charge in [0.1, 0.15) is 0 Å². The molecule has 1 nitrogen and oxygen atoms in total. The molecule has 6 rings (SSSR count). The number of benzene rings is 6. The van der Waals surface area contributed by atoms with Gasteiger partial charge in [-0.3, -0.25) is 0 Å². The van der Waals surface area contributed by atoms with Crippen molar-refractivity contribution in [2.75, 3.05) is 5.32 Å². The minimum absolute atomic E-state index is 1.07. The summed E-state index contributed by atoms with van der Waals surface area (Å²) in [4.78, 5) is 0. The fourth-order valence-corrected chi connectivity index (χ4v) is 4.67. The number of hydrogen-bond donors (Lipinski definition) is 1. The Balaban J connectivity index is 1.35. The molecule has 0 saturated heterocycles. The molecule has 166 valence electrons. The maximum atomic E-state index is 3.64. The van der Waals surface area contributed by atoms with E-state index in [-0.39, 0.29) is 0 Å². The van der Waals surface area contributed by atoms with Crippen LogP contribution in [0.1, 0.15) is 0 Å². The van der Waals surface area contributed by atoms with Crippen LogP contribution >= 0.6 is 0 Å². The van der Waals surface area contributed by atoms with Crippen LogP contribution in [-0.4, -0.2) is 0 Å². The molecule has 35 heavy (non-hydrogen) atoms. The van der Waals surface area contributed by atoms with Crippen molar-refractivity contribution in [1.82, 2.24) is 0 Å². The molecule has 0 radical (unpaired) electrons. The maximum absolute atomic E-state index is 3.64. The van der Waals surface area contributed by atoms with E-state index < -0.39 is 0 Å². The number of nitrogens with one attached hydrogen (secondary N) is 1. The number of anilines is 2. The molecule has 1 heteroatoms. The molecule has 0 bridgehead atoms. The van der Waals surface area contributed by atoms with E-state index in [0.717, 1.165) is 11.4 Å². The quantitative estimate of drug-likeness (QED) is 0.277. The Hall–Kier alpha value is -4.62. The smallest absolute Gasteiger partial charge is 0.0396 e. The summed E-state index contributed by atoms with van der Waals surface area (Å²) in [5, 5.41) is 6.18. The van der Waals surface area contributed by atoms with E-state index in [0.29, 0.717) is 0 Å². The molecule has 0 saturated carbocycles. The van der Waals surface area contributed by atoms with E-state index in [9.17, 15) is 0 Å². The van der Waals surface area contributed by atoms with Crippen LogP contribution in [0.15, 0.2) is 146 Å². The lowest BCUT2D eigenvalue weighted by atomic mass is 9.97. The van der Waals surface area contributed by atoms with Gasteiger partial charge in [-0.1, -0.05) is 115 Å². The van der Waals surface area contributed by atoms with Crippen molar-refractivity contribution in [2.24, 2.45) is 0 Å². The SMILES string of the molecule is c1ccc(-c2cc(Nc3ccc(-c4cccc5ccccc45)cc3)cc(-c3ccccc3)c2)cc1. The predicted molar refractivity (Wildman–Crippen MR) is 150 cm³/mol. The zero-order chi connectivity index (χ0) is 23.5. The predicted octanol–water partition coefficient (Wildman–Crippen LogP) is 9.58. The third-order valence-corrected chi connectivity index (χ3v) is 6.42. The molecule has 0 aliphatic heterocycles. The van der Waals surface area contributed by atoms with E-state index >= 15 is 0 Å². The Bertz CT molecular complexity index is 1520. The van der Waals surface area contributed by atoms with Gasteiger partial charge in [-0.15, -0.1) is 0 Å². The summed E-state index contributed by atoms with van der Waals surface area (Å²) in [5.41, 5.74) is 9.42. The van der Waals surface area contributed by atoms with Crippen molar-refractivity contribution in [1.29, 1.82) is 0 Å². The van der Waals surface area contributed by atoms with Crippen molar-refractivity contribution in [2.45, 2.75) is 0 Å². The summed E-state index contributed by atoms with van der Waals surface area (Å²) in [6, 6.07) is 51.6. The molecule has 0 spiro atoms. The van der Waals surface area contributed by atoms with Gasteiger partial charge in [0.05, 0.1) is 0 Å². The second-order valence-electron chi connectivity index (χ2n) is 8.76. The van der Waals surface area contributed by atoms with Crippen molar-refractivity contribution < 1.29 is 0 Å². The normalized spacial score (nSPS) is 10.9. The molecule has 0 heterocycles. The van der Waals surface area contributed by atoms with Gasteiger partial charge in [0.25, 0.3) is 0 Å². The number of rotatable bonds is 5. The van der Waals surface area contributed by atoms with E-state index in [1.54, 1.807) is 0 Å². The first-order valence-corrected chi connectivity index (χ1v) is 11.9. The Labute approximate surface area is 206 Å². The van der Waals surface area contributed by atoms with Gasteiger partial charge in [-0.05, 0) is 74.5 Å². The molecule has 0 amide bonds. The van der Waals surface area contributed by atoms with Gasteiger partial charge < -0.3 is 5.32 Å². The molecule has 1 N–H and O–H groups in total. The second kappa shape index (κ2) is 9.32. The molecule has 6 aromatic rings. The van der Waals surface area contributed by atoms with Gasteiger partial charge in [-0.2, -0.15) is 0 Å². The largest absolute Gasteiger partial charge is 0.355 e. The maximum Gasteiger partial charge on any atom is 0.0396 e. The highest BCUT2D eigenvalue weighted by molar-refractivity contribution is 5.96. The summed E-state index contributed by atoms with van der Waals surface area (Å²) in [6.45, 7) is 0. The van der Waals surface area contributed by atoms with Gasteiger partial charge >= 0.3 is 0 Å². The van der Waals surface area contributed by atoms with Crippen molar-refractivity contribution in [3.63, 3.8) is 0 Å². The first kappa shape index (κ1) is 20.9. The standard InChI is InChI=1S/C34H25N/c1-3-10-25(11-4-1)29-22-30(26-12-5-2-6-13-26)24-32(23-29)35-31-20-18-28(19-21-31)34-17-9-15-27-14-7-8-16-33(27)34/h1-24,35H. The Morgan fingerprint density at radius 3 is 1.57 bits per heavy atom. The lowest BCUT2D eigenvalue weighted by Crippen LogP contribution is -1.93. The van der Waals surface area contributed by atoms with Crippen LogP contribution in [0, 0.1) is 0 Å². The third-order valence-electron chi connectivity index (χ3n) is 6.42. The molecule has 0 aliphatic rings. The van der Waals surface area contributed by atoms with E-state index in [4.69, 9.17) is 0 Å². The van der Waals surface area contributed by atoms with E-state index in [1.165, 1.54) is 44.2 Å². The molecule has 0 aromatic heterocycles. The van der Waals surface area contributed by atoms with Crippen LogP contribution in [0.25, 0.3) is 44.2 Å². The highest BCUT2D eigenvalue weighted by atomic mass is 14.9. The van der Waals surface area contributed by atoms with Crippen LogP contribution in [-0.2, 0) is 0 Å². The Morgan fingerprint density at radius 2 is 0.914 bits per heavy atom. The first-order chi connectivity index (χ1) is 17.3. The van der Waals surface area contributed by atoms with Crippen molar-refractivity contribution in [3.8, 4) is 33.4 Å². The molecule has 0 unspecified atom stereocenters. The molecular formula is C34H25N. The average molecular weight is 448 g/mol. The Morgan fingerprint density at radius 1 is 0.343 bits per heavy atom. The fraction of sp³-hybridized carbons (Fsp3) is 0. The van der Waals surface area contributed by atoms with Crippen LogP contribution in [0.5, 0.6) is 0 Å². The highest BCUT2D eigenvalue weighted by Gasteiger charge is 2.07. The monoisotopic (exact) mass is 447 g/mol. The van der Waals surface area contributed by atoms with Crippen LogP contribution < -0.4 is 5.32 Å². The third kappa shape index (κ3) is 4.45. The molecule has 0 aliphatic carbocycles. The van der Waals surface area contributed by atoms with Gasteiger partial charge in [-0.25, -0.2) is 0 Å². The zero-order valence-corrected chi connectivity index (χ0v) is 19.4. The molecule has 0 fully saturated rings. The van der Waals surface area contributed by atoms with Crippen LogP contribution in [0.4, 0.5) is 11.4 Å². The summed E-state index contributed by atoms with van der Waals surface area (Å²) in [5.74, 6) is 0. The lowest BCUT2D eigenvalue weighted by molar-refractivity contribution is 1.52. The summed E-state index contributed by atoms with van der Waals surface area (Å²) >= 11 is 0. The van der Waals surface area contributed by atoms with Crippen molar-refractivity contribution >= 4 is 22.1 Å². The fourth-order valence-electron chi connectivity index (χ4n) is 4.67. The number of fused-ring (bicyclic) bond motifs is 1. The first-order valence-electron chi connectivity index (χ1n) is 11.9.